The summed E-state index contributed by atoms with van der Waals surface area (Å²) in [5, 5.41) is 15.0. The molecule has 8 heteroatoms. The van der Waals surface area contributed by atoms with Crippen LogP contribution in [0, 0.1) is 0 Å². The highest BCUT2D eigenvalue weighted by atomic mass is 32.2. The van der Waals surface area contributed by atoms with Gasteiger partial charge in [-0.15, -0.1) is 0 Å². The number of nitrogens with one attached hydrogen (secondary N) is 1. The summed E-state index contributed by atoms with van der Waals surface area (Å²) in [6.07, 6.45) is 0. The molecule has 7 N–H and O–H groups in total. The molecule has 0 rings (SSSR count). The van der Waals surface area contributed by atoms with Gasteiger partial charge in [-0.2, -0.15) is 8.42 Å². The van der Waals surface area contributed by atoms with E-state index in [1.807, 2.05) is 0 Å². The zero-order valence-corrected chi connectivity index (χ0v) is 7.42. The number of rotatable bonds is 4. The average Bonchev–Trinajstić information content (AvgIpc) is 1.85. The van der Waals surface area contributed by atoms with E-state index in [-0.39, 0.29) is 6.61 Å². The first-order valence-electron chi connectivity index (χ1n) is 3.18. The predicted molar refractivity (Wildman–Crippen MR) is 44.7 cm³/mol. The fraction of sp³-hybridized carbons (Fsp3) is 1.00. The van der Waals surface area contributed by atoms with Gasteiger partial charge in [-0.25, -0.2) is 5.14 Å². The van der Waals surface area contributed by atoms with Gasteiger partial charge >= 0.3 is 10.3 Å². The normalized spacial score (nSPS) is 10.3. The Morgan fingerprint density at radius 1 is 1.33 bits per heavy atom. The fourth-order valence-corrected chi connectivity index (χ4v) is 0.306. The zero-order chi connectivity index (χ0) is 10.0. The van der Waals surface area contributed by atoms with Crippen LogP contribution in [-0.2, 0) is 10.3 Å². The van der Waals surface area contributed by atoms with Crippen LogP contribution in [0.3, 0.4) is 0 Å². The summed E-state index contributed by atoms with van der Waals surface area (Å²) in [4.78, 5) is 0. The van der Waals surface area contributed by atoms with Crippen molar-refractivity contribution in [1.29, 1.82) is 0 Å². The predicted octanol–water partition coefficient (Wildman–Crippen LogP) is -2.73. The maximum Gasteiger partial charge on any atom is 0.330 e. The second-order valence-electron chi connectivity index (χ2n) is 1.78. The van der Waals surface area contributed by atoms with E-state index in [2.05, 4.69) is 10.5 Å². The Labute approximate surface area is 71.6 Å². The summed E-state index contributed by atoms with van der Waals surface area (Å²) >= 11 is 0. The van der Waals surface area contributed by atoms with Crippen LogP contribution < -0.4 is 16.2 Å². The molecular weight excluding hydrogens is 186 g/mol. The van der Waals surface area contributed by atoms with Crippen LogP contribution in [0.5, 0.6) is 0 Å². The molecule has 76 valence electrons. The Bertz CT molecular complexity index is 157. The molecule has 0 aliphatic heterocycles. The fourth-order valence-electron chi connectivity index (χ4n) is 0.306. The lowest BCUT2D eigenvalue weighted by Gasteiger charge is -1.95. The van der Waals surface area contributed by atoms with Crippen molar-refractivity contribution in [3.63, 3.8) is 0 Å². The van der Waals surface area contributed by atoms with E-state index in [1.54, 1.807) is 0 Å². The Balaban J connectivity index is 0. The highest BCUT2D eigenvalue weighted by molar-refractivity contribution is 7.83. The largest absolute Gasteiger partial charge is 0.395 e. The van der Waals surface area contributed by atoms with Gasteiger partial charge in [-0.05, 0) is 0 Å². The number of aliphatic hydroxyl groups is 1. The Kier molecular flexibility index (Phi) is 10.5. The lowest BCUT2D eigenvalue weighted by molar-refractivity contribution is 0.293. The van der Waals surface area contributed by atoms with E-state index >= 15 is 0 Å². The Morgan fingerprint density at radius 2 is 1.75 bits per heavy atom. The third-order valence-electron chi connectivity index (χ3n) is 0.610. The Hall–Kier alpha value is -0.250. The van der Waals surface area contributed by atoms with Crippen molar-refractivity contribution >= 4 is 10.3 Å². The number of nitrogens with two attached hydrogens (primary N) is 2. The first-order valence-corrected chi connectivity index (χ1v) is 4.69. The molecule has 7 nitrogen and oxygen atoms in total. The van der Waals surface area contributed by atoms with Crippen molar-refractivity contribution in [2.24, 2.45) is 10.9 Å². The van der Waals surface area contributed by atoms with Gasteiger partial charge in [0.05, 0.1) is 6.61 Å². The third kappa shape index (κ3) is 53.1. The van der Waals surface area contributed by atoms with Crippen molar-refractivity contribution in [3.05, 3.63) is 0 Å². The standard InChI is InChI=1S/C4H12N2O.H3NO3S/c5-1-2-6-3-4-7;1-5(2,3)4/h6-7H,1-5H2;(H3,1,2,3,4). The van der Waals surface area contributed by atoms with E-state index in [0.29, 0.717) is 13.1 Å². The maximum atomic E-state index is 8.97. The van der Waals surface area contributed by atoms with Gasteiger partial charge in [0.25, 0.3) is 0 Å². The second kappa shape index (κ2) is 8.84. The quantitative estimate of drug-likeness (QED) is 0.247. The molecule has 0 bridgehead atoms. The minimum atomic E-state index is -4.17. The Morgan fingerprint density at radius 3 is 2.00 bits per heavy atom. The van der Waals surface area contributed by atoms with Gasteiger partial charge in [0.2, 0.25) is 0 Å². The molecule has 0 unspecified atom stereocenters. The molecule has 0 spiro atoms. The zero-order valence-electron chi connectivity index (χ0n) is 6.60. The molecule has 0 fully saturated rings. The molecule has 0 aliphatic rings. The SMILES string of the molecule is NCCNCCO.NS(=O)(=O)O. The summed E-state index contributed by atoms with van der Waals surface area (Å²) < 4.78 is 25.2. The molecule has 0 amide bonds. The molecule has 12 heavy (non-hydrogen) atoms. The van der Waals surface area contributed by atoms with Gasteiger partial charge in [0.15, 0.2) is 0 Å². The summed E-state index contributed by atoms with van der Waals surface area (Å²) in [7, 11) is -4.17. The van der Waals surface area contributed by atoms with Gasteiger partial charge in [-0.3, -0.25) is 4.55 Å². The van der Waals surface area contributed by atoms with Crippen LogP contribution in [0.2, 0.25) is 0 Å². The van der Waals surface area contributed by atoms with Crippen molar-refractivity contribution < 1.29 is 18.1 Å². The van der Waals surface area contributed by atoms with E-state index in [9.17, 15) is 0 Å². The van der Waals surface area contributed by atoms with Crippen LogP contribution in [-0.4, -0.2) is 44.3 Å². The average molecular weight is 201 g/mol. The second-order valence-corrected chi connectivity index (χ2v) is 2.81. The van der Waals surface area contributed by atoms with Gasteiger partial charge in [0, 0.05) is 19.6 Å². The topological polar surface area (TPSA) is 139 Å². The van der Waals surface area contributed by atoms with Crippen LogP contribution in [0.15, 0.2) is 0 Å². The smallest absolute Gasteiger partial charge is 0.330 e. The highest BCUT2D eigenvalue weighted by Crippen LogP contribution is 1.52. The molecule has 0 aromatic rings. The molecule has 0 saturated carbocycles. The molecule has 0 saturated heterocycles. The summed E-state index contributed by atoms with van der Waals surface area (Å²) in [6, 6.07) is 0. The number of hydrogen-bond donors (Lipinski definition) is 5. The summed E-state index contributed by atoms with van der Waals surface area (Å²) in [5.41, 5.74) is 5.13. The van der Waals surface area contributed by atoms with Crippen molar-refractivity contribution in [1.82, 2.24) is 5.32 Å². The first kappa shape index (κ1) is 14.3. The number of aliphatic hydroxyl groups excluding tert-OH is 1. The molecular formula is C4H15N3O4S. The molecule has 0 aromatic carbocycles. The van der Waals surface area contributed by atoms with Crippen LogP contribution in [0.4, 0.5) is 0 Å². The molecule has 0 aliphatic carbocycles. The minimum Gasteiger partial charge on any atom is -0.395 e. The lowest BCUT2D eigenvalue weighted by atomic mass is 10.6. The van der Waals surface area contributed by atoms with Crippen molar-refractivity contribution in [2.75, 3.05) is 26.2 Å². The molecule has 0 heterocycles. The van der Waals surface area contributed by atoms with Gasteiger partial charge < -0.3 is 16.2 Å². The van der Waals surface area contributed by atoms with Gasteiger partial charge in [0.1, 0.15) is 0 Å². The van der Waals surface area contributed by atoms with E-state index < -0.39 is 10.3 Å². The van der Waals surface area contributed by atoms with Gasteiger partial charge in [-0.1, -0.05) is 0 Å². The molecule has 0 atom stereocenters. The van der Waals surface area contributed by atoms with Crippen LogP contribution in [0.1, 0.15) is 0 Å². The first-order chi connectivity index (χ1) is 5.41. The van der Waals surface area contributed by atoms with Crippen LogP contribution >= 0.6 is 0 Å². The van der Waals surface area contributed by atoms with E-state index in [4.69, 9.17) is 23.8 Å². The summed E-state index contributed by atoms with van der Waals surface area (Å²) in [6.45, 7) is 2.28. The van der Waals surface area contributed by atoms with E-state index in [0.717, 1.165) is 6.54 Å². The monoisotopic (exact) mass is 201 g/mol. The summed E-state index contributed by atoms with van der Waals surface area (Å²) in [5.74, 6) is 0. The third-order valence-corrected chi connectivity index (χ3v) is 0.610. The maximum absolute atomic E-state index is 8.97. The lowest BCUT2D eigenvalue weighted by Crippen LogP contribution is -2.24. The molecule has 0 aromatic heterocycles. The highest BCUT2D eigenvalue weighted by Gasteiger charge is 1.81. The van der Waals surface area contributed by atoms with Crippen LogP contribution in [0.25, 0.3) is 0 Å². The van der Waals surface area contributed by atoms with Crippen molar-refractivity contribution in [3.8, 4) is 0 Å². The van der Waals surface area contributed by atoms with Crippen molar-refractivity contribution in [2.45, 2.75) is 0 Å². The molecule has 0 radical (unpaired) electrons. The van der Waals surface area contributed by atoms with E-state index in [1.165, 1.54) is 0 Å². The number of hydrogen-bond acceptors (Lipinski definition) is 5. The minimum absolute atomic E-state index is 0.194.